The molecule has 0 bridgehead atoms. The molecule has 1 aromatic heterocycles. The molecule has 1 aliphatic rings. The summed E-state index contributed by atoms with van der Waals surface area (Å²) in [5.41, 5.74) is 4.23. The van der Waals surface area contributed by atoms with E-state index in [1.165, 1.54) is 23.2 Å². The van der Waals surface area contributed by atoms with Crippen LogP contribution in [-0.4, -0.2) is 9.55 Å². The molecule has 1 atom stereocenters. The molecule has 0 aliphatic carbocycles. The first-order valence-electron chi connectivity index (χ1n) is 6.31. The van der Waals surface area contributed by atoms with Crippen LogP contribution in [-0.2, 0) is 13.0 Å². The molecule has 2 nitrogen and oxygen atoms in total. The molecule has 0 spiro atoms. The van der Waals surface area contributed by atoms with E-state index in [1.54, 1.807) is 0 Å². The van der Waals surface area contributed by atoms with Gasteiger partial charge in [-0.25, -0.2) is 4.98 Å². The van der Waals surface area contributed by atoms with E-state index >= 15 is 0 Å². The molecule has 1 aromatic carbocycles. The normalized spacial score (nSPS) is 19.1. The van der Waals surface area contributed by atoms with Gasteiger partial charge in [-0.05, 0) is 32.3 Å². The third kappa shape index (κ3) is 1.88. The number of hydrogen-bond acceptors (Lipinski definition) is 1. The molecular weight excluding hydrogens is 208 g/mol. The number of imidazole rings is 1. The number of aryl methyl sites for hydroxylation is 3. The molecule has 3 rings (SSSR count). The van der Waals surface area contributed by atoms with Crippen molar-refractivity contribution < 1.29 is 0 Å². The summed E-state index contributed by atoms with van der Waals surface area (Å²) in [5, 5.41) is 0. The quantitative estimate of drug-likeness (QED) is 0.730. The van der Waals surface area contributed by atoms with Crippen LogP contribution in [0.1, 0.15) is 35.0 Å². The Hall–Kier alpha value is -1.57. The molecule has 2 heteroatoms. The molecule has 17 heavy (non-hydrogen) atoms. The van der Waals surface area contributed by atoms with E-state index in [9.17, 15) is 0 Å². The van der Waals surface area contributed by atoms with Gasteiger partial charge in [0.2, 0.25) is 0 Å². The topological polar surface area (TPSA) is 17.8 Å². The Morgan fingerprint density at radius 2 is 2.18 bits per heavy atom. The highest BCUT2D eigenvalue weighted by atomic mass is 15.1. The van der Waals surface area contributed by atoms with Gasteiger partial charge in [-0.15, -0.1) is 0 Å². The molecular formula is C15H18N2. The Kier molecular flexibility index (Phi) is 2.50. The van der Waals surface area contributed by atoms with Crippen molar-refractivity contribution in [2.24, 2.45) is 0 Å². The second-order valence-corrected chi connectivity index (χ2v) is 5.06. The SMILES string of the molecule is Cc1cccc(C2CCc3cnc(C)n3C2)c1. The average Bonchev–Trinajstić information content (AvgIpc) is 2.71. The molecule has 88 valence electrons. The van der Waals surface area contributed by atoms with E-state index in [-0.39, 0.29) is 0 Å². The summed E-state index contributed by atoms with van der Waals surface area (Å²) >= 11 is 0. The number of fused-ring (bicyclic) bond motifs is 1. The molecule has 0 amide bonds. The van der Waals surface area contributed by atoms with Crippen LogP contribution < -0.4 is 0 Å². The molecule has 1 unspecified atom stereocenters. The number of nitrogens with zero attached hydrogens (tertiary/aromatic N) is 2. The lowest BCUT2D eigenvalue weighted by Gasteiger charge is -2.25. The smallest absolute Gasteiger partial charge is 0.105 e. The first kappa shape index (κ1) is 10.6. The fourth-order valence-electron chi connectivity index (χ4n) is 2.79. The van der Waals surface area contributed by atoms with Crippen molar-refractivity contribution in [2.45, 2.75) is 39.2 Å². The first-order valence-corrected chi connectivity index (χ1v) is 6.31. The Balaban J connectivity index is 1.91. The van der Waals surface area contributed by atoms with Crippen LogP contribution in [0.3, 0.4) is 0 Å². The van der Waals surface area contributed by atoms with E-state index in [0.717, 1.165) is 18.8 Å². The van der Waals surface area contributed by atoms with Gasteiger partial charge in [0.15, 0.2) is 0 Å². The van der Waals surface area contributed by atoms with Crippen LogP contribution in [0.5, 0.6) is 0 Å². The molecule has 0 saturated heterocycles. The zero-order chi connectivity index (χ0) is 11.8. The van der Waals surface area contributed by atoms with Crippen molar-refractivity contribution in [1.82, 2.24) is 9.55 Å². The highest BCUT2D eigenvalue weighted by Crippen LogP contribution is 2.29. The van der Waals surface area contributed by atoms with Crippen LogP contribution in [0.15, 0.2) is 30.5 Å². The molecule has 2 heterocycles. The van der Waals surface area contributed by atoms with Crippen molar-refractivity contribution in [3.63, 3.8) is 0 Å². The minimum absolute atomic E-state index is 0.648. The van der Waals surface area contributed by atoms with E-state index in [0.29, 0.717) is 5.92 Å². The zero-order valence-corrected chi connectivity index (χ0v) is 10.5. The van der Waals surface area contributed by atoms with E-state index in [4.69, 9.17) is 0 Å². The molecule has 1 aliphatic heterocycles. The standard InChI is InChI=1S/C15H18N2/c1-11-4-3-5-13(8-11)14-6-7-15-9-16-12(2)17(15)10-14/h3-5,8-9,14H,6-7,10H2,1-2H3. The summed E-state index contributed by atoms with van der Waals surface area (Å²) in [7, 11) is 0. The maximum absolute atomic E-state index is 4.41. The van der Waals surface area contributed by atoms with Crippen LogP contribution in [0.25, 0.3) is 0 Å². The average molecular weight is 226 g/mol. The fraction of sp³-hybridized carbons (Fsp3) is 0.400. The van der Waals surface area contributed by atoms with Gasteiger partial charge in [0.1, 0.15) is 5.82 Å². The van der Waals surface area contributed by atoms with Crippen molar-refractivity contribution in [3.05, 3.63) is 53.1 Å². The number of aromatic nitrogens is 2. The second kappa shape index (κ2) is 4.02. The number of benzene rings is 1. The van der Waals surface area contributed by atoms with E-state index in [2.05, 4.69) is 47.7 Å². The zero-order valence-electron chi connectivity index (χ0n) is 10.5. The Bertz CT molecular complexity index is 540. The Morgan fingerprint density at radius 3 is 3.00 bits per heavy atom. The first-order chi connectivity index (χ1) is 8.24. The summed E-state index contributed by atoms with van der Waals surface area (Å²) < 4.78 is 2.37. The van der Waals surface area contributed by atoms with Gasteiger partial charge in [-0.1, -0.05) is 29.8 Å². The largest absolute Gasteiger partial charge is 0.332 e. The van der Waals surface area contributed by atoms with Gasteiger partial charge in [-0.3, -0.25) is 0 Å². The van der Waals surface area contributed by atoms with E-state index in [1.807, 2.05) is 6.20 Å². The van der Waals surface area contributed by atoms with Gasteiger partial charge >= 0.3 is 0 Å². The Morgan fingerprint density at radius 1 is 1.29 bits per heavy atom. The second-order valence-electron chi connectivity index (χ2n) is 5.06. The van der Waals surface area contributed by atoms with Crippen LogP contribution in [0.2, 0.25) is 0 Å². The summed E-state index contributed by atoms with van der Waals surface area (Å²) in [6.45, 7) is 5.35. The molecule has 2 aromatic rings. The molecule has 0 saturated carbocycles. The fourth-order valence-corrected chi connectivity index (χ4v) is 2.79. The highest BCUT2D eigenvalue weighted by molar-refractivity contribution is 5.27. The van der Waals surface area contributed by atoms with Gasteiger partial charge in [0.05, 0.1) is 0 Å². The van der Waals surface area contributed by atoms with Gasteiger partial charge in [0, 0.05) is 24.4 Å². The van der Waals surface area contributed by atoms with Gasteiger partial charge in [0.25, 0.3) is 0 Å². The van der Waals surface area contributed by atoms with E-state index < -0.39 is 0 Å². The van der Waals surface area contributed by atoms with Crippen molar-refractivity contribution in [2.75, 3.05) is 0 Å². The lowest BCUT2D eigenvalue weighted by atomic mass is 9.90. The lowest BCUT2D eigenvalue weighted by Crippen LogP contribution is -2.19. The van der Waals surface area contributed by atoms with Crippen LogP contribution in [0.4, 0.5) is 0 Å². The molecule has 0 N–H and O–H groups in total. The van der Waals surface area contributed by atoms with Crippen LogP contribution >= 0.6 is 0 Å². The molecule has 0 radical (unpaired) electrons. The summed E-state index contributed by atoms with van der Waals surface area (Å²) in [5.74, 6) is 1.80. The summed E-state index contributed by atoms with van der Waals surface area (Å²) in [6.07, 6.45) is 4.43. The predicted molar refractivity (Wildman–Crippen MR) is 69.2 cm³/mol. The van der Waals surface area contributed by atoms with Crippen molar-refractivity contribution in [1.29, 1.82) is 0 Å². The van der Waals surface area contributed by atoms with Crippen molar-refractivity contribution >= 4 is 0 Å². The maximum atomic E-state index is 4.41. The third-order valence-electron chi connectivity index (χ3n) is 3.80. The van der Waals surface area contributed by atoms with Gasteiger partial charge < -0.3 is 4.57 Å². The minimum Gasteiger partial charge on any atom is -0.332 e. The minimum atomic E-state index is 0.648. The summed E-state index contributed by atoms with van der Waals surface area (Å²) in [6, 6.07) is 8.91. The highest BCUT2D eigenvalue weighted by Gasteiger charge is 2.21. The third-order valence-corrected chi connectivity index (χ3v) is 3.80. The number of rotatable bonds is 1. The van der Waals surface area contributed by atoms with Gasteiger partial charge in [-0.2, -0.15) is 0 Å². The lowest BCUT2D eigenvalue weighted by molar-refractivity contribution is 0.456. The monoisotopic (exact) mass is 226 g/mol. The summed E-state index contributed by atoms with van der Waals surface area (Å²) in [4.78, 5) is 4.41. The van der Waals surface area contributed by atoms with Crippen LogP contribution in [0, 0.1) is 13.8 Å². The maximum Gasteiger partial charge on any atom is 0.105 e. The number of hydrogen-bond donors (Lipinski definition) is 0. The van der Waals surface area contributed by atoms with Crippen molar-refractivity contribution in [3.8, 4) is 0 Å². The molecule has 0 fully saturated rings. The Labute approximate surface area is 102 Å². The predicted octanol–water partition coefficient (Wildman–Crippen LogP) is 3.23.